The first-order valence-corrected chi connectivity index (χ1v) is 28.3. The van der Waals surface area contributed by atoms with Crippen molar-refractivity contribution in [1.82, 2.24) is 0 Å². The van der Waals surface area contributed by atoms with Gasteiger partial charge < -0.3 is 14.2 Å². The summed E-state index contributed by atoms with van der Waals surface area (Å²) in [5.41, 5.74) is 0. The molecule has 0 aliphatic carbocycles. The van der Waals surface area contributed by atoms with Gasteiger partial charge in [0.15, 0.2) is 6.10 Å². The number of allylic oxidation sites excluding steroid dienone is 4. The Morgan fingerprint density at radius 1 is 0.312 bits per heavy atom. The Morgan fingerprint density at radius 2 is 0.562 bits per heavy atom. The predicted molar refractivity (Wildman–Crippen MR) is 275 cm³/mol. The van der Waals surface area contributed by atoms with E-state index in [-0.39, 0.29) is 31.1 Å². The lowest BCUT2D eigenvalue weighted by Gasteiger charge is -2.18. The molecule has 0 saturated carbocycles. The molecule has 1 atom stereocenters. The highest BCUT2D eigenvalue weighted by atomic mass is 16.6. The zero-order valence-electron chi connectivity index (χ0n) is 43.1. The van der Waals surface area contributed by atoms with Gasteiger partial charge in [-0.2, -0.15) is 0 Å². The van der Waals surface area contributed by atoms with Crippen molar-refractivity contribution in [2.24, 2.45) is 0 Å². The molecule has 0 aliphatic heterocycles. The average molecular weight is 901 g/mol. The first kappa shape index (κ1) is 61.9. The molecule has 0 bridgehead atoms. The highest BCUT2D eigenvalue weighted by molar-refractivity contribution is 5.71. The molecule has 0 radical (unpaired) electrons. The lowest BCUT2D eigenvalue weighted by molar-refractivity contribution is -0.167. The standard InChI is InChI=1S/C58H108O6/c1-4-7-10-13-16-19-21-23-25-27-29-31-32-34-36-39-42-45-48-51-57(60)63-54-55(53-62-56(59)50-47-44-41-38-18-15-12-9-6-3)64-58(61)52-49-46-43-40-37-35-33-30-28-26-24-22-20-17-14-11-8-5-2/h16,19,23,25,55H,4-15,17-18,20-22,24,26-54H2,1-3H3/b19-16-,25-23-/t55-/m1/s1. The Labute approximate surface area is 398 Å². The fraction of sp³-hybridized carbons (Fsp3) is 0.879. The van der Waals surface area contributed by atoms with Gasteiger partial charge in [0.25, 0.3) is 0 Å². The van der Waals surface area contributed by atoms with Crippen LogP contribution in [0.25, 0.3) is 0 Å². The summed E-state index contributed by atoms with van der Waals surface area (Å²) in [7, 11) is 0. The van der Waals surface area contributed by atoms with Crippen molar-refractivity contribution in [3.8, 4) is 0 Å². The van der Waals surface area contributed by atoms with Crippen molar-refractivity contribution in [3.63, 3.8) is 0 Å². The van der Waals surface area contributed by atoms with E-state index in [2.05, 4.69) is 45.1 Å². The van der Waals surface area contributed by atoms with Gasteiger partial charge in [-0.15, -0.1) is 0 Å². The minimum atomic E-state index is -0.766. The summed E-state index contributed by atoms with van der Waals surface area (Å²) in [5.74, 6) is -0.855. The Balaban J connectivity index is 4.24. The number of carbonyl (C=O) groups is 3. The highest BCUT2D eigenvalue weighted by Gasteiger charge is 2.19. The zero-order chi connectivity index (χ0) is 46.5. The number of ether oxygens (including phenoxy) is 3. The molecule has 6 heteroatoms. The number of hydrogen-bond donors (Lipinski definition) is 0. The monoisotopic (exact) mass is 901 g/mol. The summed E-state index contributed by atoms with van der Waals surface area (Å²) in [4.78, 5) is 38.0. The van der Waals surface area contributed by atoms with Gasteiger partial charge in [0, 0.05) is 19.3 Å². The van der Waals surface area contributed by atoms with E-state index < -0.39 is 6.10 Å². The SMILES string of the molecule is CCCCC/C=C\C/C=C\CCCCCCCCCCCC(=O)OC[C@@H](COC(=O)CCCCCCCCCCC)OC(=O)CCCCCCCCCCCCCCCCCCCC. The van der Waals surface area contributed by atoms with E-state index in [4.69, 9.17) is 14.2 Å². The molecule has 0 aliphatic rings. The van der Waals surface area contributed by atoms with Crippen molar-refractivity contribution >= 4 is 17.9 Å². The minimum absolute atomic E-state index is 0.0675. The van der Waals surface area contributed by atoms with Gasteiger partial charge in [0.1, 0.15) is 13.2 Å². The number of carbonyl (C=O) groups excluding carboxylic acids is 3. The van der Waals surface area contributed by atoms with Crippen LogP contribution in [-0.4, -0.2) is 37.2 Å². The minimum Gasteiger partial charge on any atom is -0.462 e. The molecule has 0 spiro atoms. The molecule has 0 fully saturated rings. The molecule has 0 rings (SSSR count). The summed E-state index contributed by atoms with van der Waals surface area (Å²) in [6, 6.07) is 0. The second kappa shape index (κ2) is 53.5. The van der Waals surface area contributed by atoms with E-state index in [1.165, 1.54) is 205 Å². The van der Waals surface area contributed by atoms with Gasteiger partial charge in [-0.1, -0.05) is 263 Å². The molecule has 0 heterocycles. The van der Waals surface area contributed by atoms with E-state index in [1.807, 2.05) is 0 Å². The summed E-state index contributed by atoms with van der Waals surface area (Å²) in [5, 5.41) is 0. The van der Waals surface area contributed by atoms with Crippen molar-refractivity contribution in [2.75, 3.05) is 13.2 Å². The van der Waals surface area contributed by atoms with Gasteiger partial charge in [-0.25, -0.2) is 0 Å². The van der Waals surface area contributed by atoms with Crippen molar-refractivity contribution in [3.05, 3.63) is 24.3 Å². The number of rotatable bonds is 52. The molecule has 0 amide bonds. The number of esters is 3. The Hall–Kier alpha value is -2.11. The number of unbranched alkanes of at least 4 members (excludes halogenated alkanes) is 37. The molecule has 6 nitrogen and oxygen atoms in total. The summed E-state index contributed by atoms with van der Waals surface area (Å²) in [6.07, 6.45) is 61.7. The summed E-state index contributed by atoms with van der Waals surface area (Å²) < 4.78 is 16.8. The lowest BCUT2D eigenvalue weighted by Crippen LogP contribution is -2.30. The predicted octanol–water partition coefficient (Wildman–Crippen LogP) is 18.7. The molecule has 376 valence electrons. The van der Waals surface area contributed by atoms with E-state index in [0.29, 0.717) is 19.3 Å². The molecular weight excluding hydrogens is 793 g/mol. The van der Waals surface area contributed by atoms with Crippen molar-refractivity contribution in [1.29, 1.82) is 0 Å². The maximum Gasteiger partial charge on any atom is 0.306 e. The Bertz CT molecular complexity index is 1040. The maximum absolute atomic E-state index is 12.8. The van der Waals surface area contributed by atoms with Crippen molar-refractivity contribution in [2.45, 2.75) is 316 Å². The van der Waals surface area contributed by atoms with Crippen LogP contribution in [-0.2, 0) is 28.6 Å². The first-order valence-electron chi connectivity index (χ1n) is 28.3. The molecule has 0 aromatic carbocycles. The molecule has 0 saturated heterocycles. The van der Waals surface area contributed by atoms with Crippen LogP contribution >= 0.6 is 0 Å². The molecular formula is C58H108O6. The van der Waals surface area contributed by atoms with Crippen LogP contribution in [0.4, 0.5) is 0 Å². The van der Waals surface area contributed by atoms with Crippen LogP contribution in [0.3, 0.4) is 0 Å². The molecule has 0 N–H and O–H groups in total. The van der Waals surface area contributed by atoms with Crippen LogP contribution < -0.4 is 0 Å². The van der Waals surface area contributed by atoms with Crippen LogP contribution in [0.5, 0.6) is 0 Å². The quantitative estimate of drug-likeness (QED) is 0.0262. The van der Waals surface area contributed by atoms with Gasteiger partial charge in [0.05, 0.1) is 0 Å². The Morgan fingerprint density at radius 3 is 0.891 bits per heavy atom. The van der Waals surface area contributed by atoms with Gasteiger partial charge >= 0.3 is 17.9 Å². The lowest BCUT2D eigenvalue weighted by atomic mass is 10.0. The van der Waals surface area contributed by atoms with E-state index in [1.54, 1.807) is 0 Å². The molecule has 64 heavy (non-hydrogen) atoms. The largest absolute Gasteiger partial charge is 0.462 e. The van der Waals surface area contributed by atoms with Crippen LogP contribution in [0.15, 0.2) is 24.3 Å². The fourth-order valence-electron chi connectivity index (χ4n) is 8.42. The zero-order valence-corrected chi connectivity index (χ0v) is 43.1. The van der Waals surface area contributed by atoms with Crippen LogP contribution in [0, 0.1) is 0 Å². The second-order valence-electron chi connectivity index (χ2n) is 19.2. The van der Waals surface area contributed by atoms with Gasteiger partial charge in [-0.05, 0) is 51.4 Å². The van der Waals surface area contributed by atoms with Crippen LogP contribution in [0.1, 0.15) is 310 Å². The van der Waals surface area contributed by atoms with Gasteiger partial charge in [-0.3, -0.25) is 14.4 Å². The molecule has 0 aromatic heterocycles. The third-order valence-electron chi connectivity index (χ3n) is 12.7. The van der Waals surface area contributed by atoms with Crippen LogP contribution in [0.2, 0.25) is 0 Å². The third-order valence-corrected chi connectivity index (χ3v) is 12.7. The van der Waals surface area contributed by atoms with E-state index >= 15 is 0 Å². The number of hydrogen-bond acceptors (Lipinski definition) is 6. The second-order valence-corrected chi connectivity index (χ2v) is 19.2. The topological polar surface area (TPSA) is 78.9 Å². The average Bonchev–Trinajstić information content (AvgIpc) is 3.29. The summed E-state index contributed by atoms with van der Waals surface area (Å²) >= 11 is 0. The molecule has 0 unspecified atom stereocenters. The fourth-order valence-corrected chi connectivity index (χ4v) is 8.42. The first-order chi connectivity index (χ1) is 31.5. The highest BCUT2D eigenvalue weighted by Crippen LogP contribution is 2.17. The van der Waals surface area contributed by atoms with E-state index in [9.17, 15) is 14.4 Å². The maximum atomic E-state index is 12.8. The van der Waals surface area contributed by atoms with E-state index in [0.717, 1.165) is 64.2 Å². The van der Waals surface area contributed by atoms with Crippen molar-refractivity contribution < 1.29 is 28.6 Å². The normalized spacial score (nSPS) is 12.1. The third kappa shape index (κ3) is 50.9. The molecule has 0 aromatic rings. The Kier molecular flexibility index (Phi) is 51.7. The summed E-state index contributed by atoms with van der Waals surface area (Å²) in [6.45, 7) is 6.64. The van der Waals surface area contributed by atoms with Gasteiger partial charge in [0.2, 0.25) is 0 Å². The smallest absolute Gasteiger partial charge is 0.306 e.